The van der Waals surface area contributed by atoms with E-state index in [2.05, 4.69) is 15.7 Å². The average molecular weight is 405 g/mol. The highest BCUT2D eigenvalue weighted by Crippen LogP contribution is 2.17. The molecule has 0 fully saturated rings. The second-order valence-corrected chi connectivity index (χ2v) is 6.87. The Balaban J connectivity index is 1.63. The van der Waals surface area contributed by atoms with E-state index in [4.69, 9.17) is 5.73 Å². The zero-order valence-corrected chi connectivity index (χ0v) is 16.8. The number of para-hydroxylation sites is 1. The molecule has 0 saturated carbocycles. The Morgan fingerprint density at radius 3 is 2.33 bits per heavy atom. The van der Waals surface area contributed by atoms with Gasteiger partial charge in [-0.25, -0.2) is 4.68 Å². The third-order valence-corrected chi connectivity index (χ3v) is 4.69. The minimum Gasteiger partial charge on any atom is -0.368 e. The highest BCUT2D eigenvalue weighted by atomic mass is 16.2. The molecule has 1 aromatic heterocycles. The lowest BCUT2D eigenvalue weighted by atomic mass is 10.1. The number of rotatable bonds is 7. The molecule has 3 amide bonds. The van der Waals surface area contributed by atoms with E-state index in [1.807, 2.05) is 38.1 Å². The van der Waals surface area contributed by atoms with E-state index in [0.717, 1.165) is 22.5 Å². The van der Waals surface area contributed by atoms with Crippen LogP contribution in [0, 0.1) is 13.8 Å². The van der Waals surface area contributed by atoms with Gasteiger partial charge in [-0.3, -0.25) is 14.4 Å². The van der Waals surface area contributed by atoms with Gasteiger partial charge in [-0.05, 0) is 43.2 Å². The zero-order chi connectivity index (χ0) is 21.7. The van der Waals surface area contributed by atoms with Crippen LogP contribution in [0.3, 0.4) is 0 Å². The number of nitrogens with one attached hydrogen (secondary N) is 2. The summed E-state index contributed by atoms with van der Waals surface area (Å²) in [6, 6.07) is 14.6. The summed E-state index contributed by atoms with van der Waals surface area (Å²) in [6.07, 6.45) is 1.56. The Hall–Kier alpha value is -3.94. The van der Waals surface area contributed by atoms with E-state index in [0.29, 0.717) is 17.7 Å². The van der Waals surface area contributed by atoms with E-state index < -0.39 is 5.91 Å². The molecule has 0 unspecified atom stereocenters. The van der Waals surface area contributed by atoms with Gasteiger partial charge in [0.2, 0.25) is 5.91 Å². The number of hydrogen-bond acceptors (Lipinski definition) is 4. The Bertz CT molecular complexity index is 1090. The van der Waals surface area contributed by atoms with Crippen molar-refractivity contribution in [2.24, 2.45) is 5.73 Å². The van der Waals surface area contributed by atoms with Crippen LogP contribution in [0.4, 0.5) is 0 Å². The first kappa shape index (κ1) is 20.8. The average Bonchev–Trinajstić information content (AvgIpc) is 3.12. The molecule has 3 aromatic rings. The molecule has 0 radical (unpaired) electrons. The first-order chi connectivity index (χ1) is 14.4. The van der Waals surface area contributed by atoms with Crippen LogP contribution in [0.2, 0.25) is 0 Å². The number of nitrogens with two attached hydrogens (primary N) is 1. The molecular formula is C22H23N5O3. The maximum absolute atomic E-state index is 12.6. The lowest BCUT2D eigenvalue weighted by Crippen LogP contribution is -2.33. The van der Waals surface area contributed by atoms with Crippen molar-refractivity contribution < 1.29 is 14.4 Å². The summed E-state index contributed by atoms with van der Waals surface area (Å²) >= 11 is 0. The number of aryl methyl sites for hydroxylation is 1. The number of primary amides is 1. The number of carbonyl (C=O) groups excluding carboxylic acids is 3. The van der Waals surface area contributed by atoms with Gasteiger partial charge in [0.15, 0.2) is 0 Å². The van der Waals surface area contributed by atoms with Crippen LogP contribution < -0.4 is 16.4 Å². The molecule has 0 aliphatic heterocycles. The van der Waals surface area contributed by atoms with Crippen molar-refractivity contribution in [2.45, 2.75) is 20.4 Å². The molecule has 2 aromatic carbocycles. The van der Waals surface area contributed by atoms with Gasteiger partial charge in [-0.1, -0.05) is 30.3 Å². The normalized spacial score (nSPS) is 10.5. The largest absolute Gasteiger partial charge is 0.368 e. The fourth-order valence-corrected chi connectivity index (χ4v) is 3.00. The van der Waals surface area contributed by atoms with Gasteiger partial charge in [0.05, 0.1) is 29.7 Å². The number of carbonyl (C=O) groups is 3. The summed E-state index contributed by atoms with van der Waals surface area (Å²) < 4.78 is 1.75. The molecule has 3 rings (SSSR count). The smallest absolute Gasteiger partial charge is 0.255 e. The van der Waals surface area contributed by atoms with Crippen LogP contribution in [0.1, 0.15) is 37.5 Å². The third kappa shape index (κ3) is 4.72. The van der Waals surface area contributed by atoms with Gasteiger partial charge in [0, 0.05) is 12.1 Å². The standard InChI is InChI=1S/C22H23N5O3/c1-14-5-3-4-6-19(14)27-15(2)18(12-26-27)22(30)24-11-16-7-9-17(10-8-16)21(29)25-13-20(23)28/h3-10,12H,11,13H2,1-2H3,(H2,23,28)(H,24,30)(H,25,29). The summed E-state index contributed by atoms with van der Waals surface area (Å²) in [6.45, 7) is 3.94. The van der Waals surface area contributed by atoms with Crippen LogP contribution in [0.5, 0.6) is 0 Å². The first-order valence-electron chi connectivity index (χ1n) is 9.41. The molecule has 0 spiro atoms. The second-order valence-electron chi connectivity index (χ2n) is 6.87. The summed E-state index contributed by atoms with van der Waals surface area (Å²) in [5.74, 6) is -1.22. The number of amides is 3. The Labute approximate surface area is 174 Å². The molecule has 0 bridgehead atoms. The van der Waals surface area contributed by atoms with E-state index in [1.165, 1.54) is 0 Å². The summed E-state index contributed by atoms with van der Waals surface area (Å²) in [4.78, 5) is 35.3. The fraction of sp³-hybridized carbons (Fsp3) is 0.182. The van der Waals surface area contributed by atoms with Gasteiger partial charge >= 0.3 is 0 Å². The number of nitrogens with zero attached hydrogens (tertiary/aromatic N) is 2. The molecule has 8 nitrogen and oxygen atoms in total. The Morgan fingerprint density at radius 2 is 1.67 bits per heavy atom. The van der Waals surface area contributed by atoms with Crippen LogP contribution in [-0.4, -0.2) is 34.0 Å². The zero-order valence-electron chi connectivity index (χ0n) is 16.8. The number of benzene rings is 2. The van der Waals surface area contributed by atoms with E-state index in [9.17, 15) is 14.4 Å². The maximum atomic E-state index is 12.6. The Kier molecular flexibility index (Phi) is 6.26. The van der Waals surface area contributed by atoms with Crippen molar-refractivity contribution in [2.75, 3.05) is 6.54 Å². The fourth-order valence-electron chi connectivity index (χ4n) is 3.00. The van der Waals surface area contributed by atoms with Crippen LogP contribution in [0.15, 0.2) is 54.7 Å². The van der Waals surface area contributed by atoms with Crippen molar-refractivity contribution in [3.63, 3.8) is 0 Å². The van der Waals surface area contributed by atoms with Gasteiger partial charge in [-0.2, -0.15) is 5.10 Å². The molecule has 0 saturated heterocycles. The van der Waals surface area contributed by atoms with Crippen LogP contribution >= 0.6 is 0 Å². The predicted octanol–water partition coefficient (Wildman–Crippen LogP) is 1.63. The monoisotopic (exact) mass is 405 g/mol. The molecule has 30 heavy (non-hydrogen) atoms. The summed E-state index contributed by atoms with van der Waals surface area (Å²) in [5, 5.41) is 9.66. The molecule has 4 N–H and O–H groups in total. The van der Waals surface area contributed by atoms with E-state index in [-0.39, 0.29) is 18.4 Å². The minimum atomic E-state index is -0.608. The molecule has 0 atom stereocenters. The van der Waals surface area contributed by atoms with Crippen molar-refractivity contribution >= 4 is 17.7 Å². The van der Waals surface area contributed by atoms with Gasteiger partial charge in [0.25, 0.3) is 11.8 Å². The van der Waals surface area contributed by atoms with Gasteiger partial charge in [-0.15, -0.1) is 0 Å². The van der Waals surface area contributed by atoms with E-state index in [1.54, 1.807) is 35.1 Å². The number of hydrogen-bond donors (Lipinski definition) is 3. The molecular weight excluding hydrogens is 382 g/mol. The first-order valence-corrected chi connectivity index (χ1v) is 9.41. The second kappa shape index (κ2) is 9.04. The topological polar surface area (TPSA) is 119 Å². The van der Waals surface area contributed by atoms with Crippen LogP contribution in [-0.2, 0) is 11.3 Å². The lowest BCUT2D eigenvalue weighted by Gasteiger charge is -2.09. The van der Waals surface area contributed by atoms with Crippen LogP contribution in [0.25, 0.3) is 5.69 Å². The minimum absolute atomic E-state index is 0.216. The highest BCUT2D eigenvalue weighted by Gasteiger charge is 2.16. The molecule has 0 aliphatic rings. The predicted molar refractivity (Wildman–Crippen MR) is 112 cm³/mol. The van der Waals surface area contributed by atoms with Crippen molar-refractivity contribution in [1.29, 1.82) is 0 Å². The molecule has 8 heteroatoms. The van der Waals surface area contributed by atoms with E-state index >= 15 is 0 Å². The van der Waals surface area contributed by atoms with Gasteiger partial charge in [0.1, 0.15) is 0 Å². The number of aromatic nitrogens is 2. The maximum Gasteiger partial charge on any atom is 0.255 e. The van der Waals surface area contributed by atoms with Crippen molar-refractivity contribution in [1.82, 2.24) is 20.4 Å². The molecule has 1 heterocycles. The SMILES string of the molecule is Cc1ccccc1-n1ncc(C(=O)NCc2ccc(C(=O)NCC(N)=O)cc2)c1C. The summed E-state index contributed by atoms with van der Waals surface area (Å²) in [5.41, 5.74) is 9.50. The van der Waals surface area contributed by atoms with Crippen molar-refractivity contribution in [3.05, 3.63) is 82.7 Å². The van der Waals surface area contributed by atoms with Crippen molar-refractivity contribution in [3.8, 4) is 5.69 Å². The Morgan fingerprint density at radius 1 is 0.967 bits per heavy atom. The third-order valence-electron chi connectivity index (χ3n) is 4.69. The summed E-state index contributed by atoms with van der Waals surface area (Å²) in [7, 11) is 0. The highest BCUT2D eigenvalue weighted by molar-refractivity contribution is 5.96. The molecule has 0 aliphatic carbocycles. The molecule has 154 valence electrons. The van der Waals surface area contributed by atoms with Gasteiger partial charge < -0.3 is 16.4 Å². The lowest BCUT2D eigenvalue weighted by molar-refractivity contribution is -0.117. The quantitative estimate of drug-likeness (QED) is 0.553.